The Bertz CT molecular complexity index is 1110. The van der Waals surface area contributed by atoms with Crippen LogP contribution in [0.5, 0.6) is 17.2 Å². The summed E-state index contributed by atoms with van der Waals surface area (Å²) in [4.78, 5) is 25.8. The fraction of sp³-hybridized carbons (Fsp3) is 0.130. The summed E-state index contributed by atoms with van der Waals surface area (Å²) in [5.74, 6) is -1.69. The van der Waals surface area contributed by atoms with Gasteiger partial charge >= 0.3 is 0 Å². The Kier molecular flexibility index (Phi) is 4.15. The Morgan fingerprint density at radius 2 is 1.54 bits per heavy atom. The molecular formula is C23H18O5. The second-order valence-corrected chi connectivity index (χ2v) is 6.83. The maximum atomic E-state index is 13.0. The summed E-state index contributed by atoms with van der Waals surface area (Å²) in [6.45, 7) is 1.74. The van der Waals surface area contributed by atoms with Gasteiger partial charge in [0.2, 0.25) is 5.78 Å². The van der Waals surface area contributed by atoms with Crippen LogP contribution in [0.2, 0.25) is 0 Å². The van der Waals surface area contributed by atoms with Crippen molar-refractivity contribution in [3.05, 3.63) is 76.9 Å². The molecule has 1 aliphatic carbocycles. The molecule has 0 amide bonds. The lowest BCUT2D eigenvalue weighted by Crippen LogP contribution is -2.25. The first-order chi connectivity index (χ1) is 13.4. The second kappa shape index (κ2) is 6.53. The van der Waals surface area contributed by atoms with E-state index >= 15 is 0 Å². The number of carbonyl (C=O) groups is 2. The molecule has 5 nitrogen and oxygen atoms in total. The van der Waals surface area contributed by atoms with Crippen molar-refractivity contribution in [2.75, 3.05) is 0 Å². The molecule has 3 N–H and O–H groups in total. The molecule has 0 aliphatic heterocycles. The molecule has 0 radical (unpaired) electrons. The molecule has 3 aromatic rings. The third-order valence-electron chi connectivity index (χ3n) is 5.17. The van der Waals surface area contributed by atoms with Gasteiger partial charge in [0.15, 0.2) is 0 Å². The van der Waals surface area contributed by atoms with Crippen LogP contribution in [0.25, 0.3) is 11.1 Å². The molecule has 0 bridgehead atoms. The molecule has 28 heavy (non-hydrogen) atoms. The molecule has 0 aromatic heterocycles. The SMILES string of the molecule is CCC(=O)C1c2cccc(O)c2C(=O)c2c(O)cc(-c3ccc(O)cc3)cc21. The van der Waals surface area contributed by atoms with Gasteiger partial charge in [-0.05, 0) is 52.6 Å². The molecule has 5 heteroatoms. The molecule has 4 rings (SSSR count). The summed E-state index contributed by atoms with van der Waals surface area (Å²) >= 11 is 0. The zero-order valence-corrected chi connectivity index (χ0v) is 15.1. The highest BCUT2D eigenvalue weighted by Gasteiger charge is 2.38. The molecule has 140 valence electrons. The van der Waals surface area contributed by atoms with Crippen molar-refractivity contribution >= 4 is 11.6 Å². The quantitative estimate of drug-likeness (QED) is 0.641. The number of benzene rings is 3. The van der Waals surface area contributed by atoms with Crippen LogP contribution in [-0.4, -0.2) is 26.9 Å². The van der Waals surface area contributed by atoms with E-state index in [4.69, 9.17) is 0 Å². The summed E-state index contributed by atoms with van der Waals surface area (Å²) in [6.07, 6.45) is 0.248. The van der Waals surface area contributed by atoms with Crippen molar-refractivity contribution in [2.24, 2.45) is 0 Å². The van der Waals surface area contributed by atoms with E-state index in [0.717, 1.165) is 5.56 Å². The molecule has 1 unspecified atom stereocenters. The van der Waals surface area contributed by atoms with Gasteiger partial charge in [-0.1, -0.05) is 31.2 Å². The lowest BCUT2D eigenvalue weighted by Gasteiger charge is -2.28. The normalized spacial score (nSPS) is 15.0. The van der Waals surface area contributed by atoms with Gasteiger partial charge in [0.05, 0.1) is 17.0 Å². The molecule has 1 aliphatic rings. The van der Waals surface area contributed by atoms with Crippen molar-refractivity contribution in [1.82, 2.24) is 0 Å². The summed E-state index contributed by atoms with van der Waals surface area (Å²) in [5.41, 5.74) is 2.34. The van der Waals surface area contributed by atoms with Crippen LogP contribution in [0.1, 0.15) is 46.3 Å². The van der Waals surface area contributed by atoms with Gasteiger partial charge in [-0.15, -0.1) is 0 Å². The minimum Gasteiger partial charge on any atom is -0.508 e. The first-order valence-electron chi connectivity index (χ1n) is 8.98. The third-order valence-corrected chi connectivity index (χ3v) is 5.17. The highest BCUT2D eigenvalue weighted by atomic mass is 16.3. The van der Waals surface area contributed by atoms with Crippen LogP contribution in [0.15, 0.2) is 54.6 Å². The van der Waals surface area contributed by atoms with Crippen molar-refractivity contribution < 1.29 is 24.9 Å². The molecule has 0 saturated heterocycles. The van der Waals surface area contributed by atoms with Crippen LogP contribution in [0.3, 0.4) is 0 Å². The number of hydrogen-bond acceptors (Lipinski definition) is 5. The van der Waals surface area contributed by atoms with Crippen molar-refractivity contribution in [1.29, 1.82) is 0 Å². The van der Waals surface area contributed by atoms with Gasteiger partial charge in [0.25, 0.3) is 0 Å². The smallest absolute Gasteiger partial charge is 0.201 e. The number of phenols is 3. The van der Waals surface area contributed by atoms with Gasteiger partial charge in [-0.25, -0.2) is 0 Å². The Balaban J connectivity index is 2.00. The van der Waals surface area contributed by atoms with E-state index in [1.807, 2.05) is 0 Å². The molecule has 0 fully saturated rings. The van der Waals surface area contributed by atoms with Crippen LogP contribution in [-0.2, 0) is 4.79 Å². The average Bonchev–Trinajstić information content (AvgIpc) is 2.67. The fourth-order valence-corrected chi connectivity index (χ4v) is 3.83. The van der Waals surface area contributed by atoms with Crippen molar-refractivity contribution in [3.8, 4) is 28.4 Å². The monoisotopic (exact) mass is 374 g/mol. The van der Waals surface area contributed by atoms with E-state index in [0.29, 0.717) is 16.7 Å². The predicted molar refractivity (Wildman–Crippen MR) is 104 cm³/mol. The number of carbonyl (C=O) groups excluding carboxylic acids is 2. The molecule has 0 heterocycles. The van der Waals surface area contributed by atoms with Crippen LogP contribution in [0, 0.1) is 0 Å². The first-order valence-corrected chi connectivity index (χ1v) is 8.98. The van der Waals surface area contributed by atoms with Gasteiger partial charge in [-0.2, -0.15) is 0 Å². The van der Waals surface area contributed by atoms with E-state index in [9.17, 15) is 24.9 Å². The summed E-state index contributed by atoms with van der Waals surface area (Å²) in [7, 11) is 0. The summed E-state index contributed by atoms with van der Waals surface area (Å²) < 4.78 is 0. The maximum Gasteiger partial charge on any atom is 0.201 e. The highest BCUT2D eigenvalue weighted by molar-refractivity contribution is 6.18. The fourth-order valence-electron chi connectivity index (χ4n) is 3.83. The minimum atomic E-state index is -0.747. The Labute approximate surface area is 161 Å². The number of hydrogen-bond donors (Lipinski definition) is 3. The maximum absolute atomic E-state index is 13.0. The number of aromatic hydroxyl groups is 3. The van der Waals surface area contributed by atoms with Crippen molar-refractivity contribution in [3.63, 3.8) is 0 Å². The Hall–Kier alpha value is -3.60. The van der Waals surface area contributed by atoms with Crippen LogP contribution >= 0.6 is 0 Å². The molecule has 0 spiro atoms. The number of ketones is 2. The van der Waals surface area contributed by atoms with Crippen molar-refractivity contribution in [2.45, 2.75) is 19.3 Å². The van der Waals surface area contributed by atoms with Gasteiger partial charge in [-0.3, -0.25) is 9.59 Å². The Morgan fingerprint density at radius 1 is 0.857 bits per heavy atom. The predicted octanol–water partition coefficient (Wildman–Crippen LogP) is 4.13. The number of Topliss-reactive ketones (excluding diaryl/α,β-unsaturated/α-hetero) is 1. The minimum absolute atomic E-state index is 0.0447. The zero-order chi connectivity index (χ0) is 20.0. The molecular weight excluding hydrogens is 356 g/mol. The average molecular weight is 374 g/mol. The van der Waals surface area contributed by atoms with Gasteiger partial charge < -0.3 is 15.3 Å². The topological polar surface area (TPSA) is 94.8 Å². The number of phenolic OH excluding ortho intramolecular Hbond substituents is 3. The van der Waals surface area contributed by atoms with E-state index < -0.39 is 11.7 Å². The van der Waals surface area contributed by atoms with E-state index in [1.54, 1.807) is 37.3 Å². The Morgan fingerprint density at radius 3 is 2.21 bits per heavy atom. The summed E-state index contributed by atoms with van der Waals surface area (Å²) in [5, 5.41) is 30.4. The second-order valence-electron chi connectivity index (χ2n) is 6.83. The molecule has 0 saturated carbocycles. The largest absolute Gasteiger partial charge is 0.508 e. The first kappa shape index (κ1) is 17.8. The zero-order valence-electron chi connectivity index (χ0n) is 15.1. The summed E-state index contributed by atoms with van der Waals surface area (Å²) in [6, 6.07) is 14.3. The van der Waals surface area contributed by atoms with Gasteiger partial charge in [0.1, 0.15) is 23.0 Å². The molecule has 1 atom stereocenters. The van der Waals surface area contributed by atoms with E-state index in [-0.39, 0.29) is 40.6 Å². The highest BCUT2D eigenvalue weighted by Crippen LogP contribution is 2.45. The standard InChI is InChI=1S/C23H18O5/c1-2-17(25)20-15-4-3-5-18(26)21(15)23(28)22-16(20)10-13(11-19(22)27)12-6-8-14(24)9-7-12/h3-11,20,24,26-27H,2H2,1H3. The number of rotatable bonds is 3. The van der Waals surface area contributed by atoms with Crippen LogP contribution in [0.4, 0.5) is 0 Å². The van der Waals surface area contributed by atoms with E-state index in [2.05, 4.69) is 0 Å². The number of fused-ring (bicyclic) bond motifs is 2. The van der Waals surface area contributed by atoms with Gasteiger partial charge in [0, 0.05) is 6.42 Å². The lowest BCUT2D eigenvalue weighted by molar-refractivity contribution is -0.119. The third kappa shape index (κ3) is 2.63. The van der Waals surface area contributed by atoms with E-state index in [1.165, 1.54) is 24.3 Å². The van der Waals surface area contributed by atoms with Crippen LogP contribution < -0.4 is 0 Å². The molecule has 3 aromatic carbocycles. The lowest BCUT2D eigenvalue weighted by atomic mass is 9.73.